The number of aliphatic carboxylic acids is 1. The standard InChI is InChI=1S/C17H31NO2/c1-17(2,3)14-5-7-15(8-6-14)18-11-10-13(12-18)4-9-16(19)20/h13-15H,4-12H2,1-3H3,(H,19,20). The second-order valence-corrected chi connectivity index (χ2v) is 7.95. The molecule has 1 atom stereocenters. The maximum Gasteiger partial charge on any atom is 0.303 e. The Bertz CT molecular complexity index is 326. The highest BCUT2D eigenvalue weighted by Crippen LogP contribution is 2.40. The summed E-state index contributed by atoms with van der Waals surface area (Å²) in [5.74, 6) is 0.852. The SMILES string of the molecule is CC(C)(C)C1CCC(N2CCC(CCC(=O)O)C2)CC1. The fourth-order valence-electron chi connectivity index (χ4n) is 4.06. The van der Waals surface area contributed by atoms with Crippen LogP contribution in [0, 0.1) is 17.3 Å². The van der Waals surface area contributed by atoms with E-state index in [0.717, 1.165) is 24.9 Å². The molecule has 1 aliphatic carbocycles. The van der Waals surface area contributed by atoms with Crippen LogP contribution >= 0.6 is 0 Å². The van der Waals surface area contributed by atoms with Gasteiger partial charge < -0.3 is 10.0 Å². The topological polar surface area (TPSA) is 40.5 Å². The van der Waals surface area contributed by atoms with Crippen molar-refractivity contribution in [2.24, 2.45) is 17.3 Å². The van der Waals surface area contributed by atoms with Crippen LogP contribution in [0.5, 0.6) is 0 Å². The fraction of sp³-hybridized carbons (Fsp3) is 0.941. The molecule has 3 heteroatoms. The van der Waals surface area contributed by atoms with Gasteiger partial charge in [0.15, 0.2) is 0 Å². The van der Waals surface area contributed by atoms with Crippen molar-refractivity contribution in [1.29, 1.82) is 0 Å². The van der Waals surface area contributed by atoms with Crippen LogP contribution in [0.15, 0.2) is 0 Å². The summed E-state index contributed by atoms with van der Waals surface area (Å²) >= 11 is 0. The van der Waals surface area contributed by atoms with E-state index < -0.39 is 5.97 Å². The molecule has 1 heterocycles. The predicted octanol–water partition coefficient (Wildman–Crippen LogP) is 3.78. The van der Waals surface area contributed by atoms with Crippen molar-refractivity contribution in [2.45, 2.75) is 71.8 Å². The molecular weight excluding hydrogens is 250 g/mol. The van der Waals surface area contributed by atoms with Gasteiger partial charge in [-0.25, -0.2) is 0 Å². The monoisotopic (exact) mass is 281 g/mol. The van der Waals surface area contributed by atoms with Crippen molar-refractivity contribution in [3.05, 3.63) is 0 Å². The number of carbonyl (C=O) groups is 1. The predicted molar refractivity (Wildman–Crippen MR) is 81.8 cm³/mol. The van der Waals surface area contributed by atoms with Crippen LogP contribution in [0.25, 0.3) is 0 Å². The van der Waals surface area contributed by atoms with Gasteiger partial charge in [0, 0.05) is 19.0 Å². The second-order valence-electron chi connectivity index (χ2n) is 7.95. The zero-order chi connectivity index (χ0) is 14.8. The molecule has 1 N–H and O–H groups in total. The number of hydrogen-bond donors (Lipinski definition) is 1. The van der Waals surface area contributed by atoms with E-state index in [2.05, 4.69) is 25.7 Å². The van der Waals surface area contributed by atoms with Crippen molar-refractivity contribution in [3.8, 4) is 0 Å². The van der Waals surface area contributed by atoms with Crippen molar-refractivity contribution < 1.29 is 9.90 Å². The Kier molecular flexibility index (Phi) is 5.11. The molecule has 0 spiro atoms. The summed E-state index contributed by atoms with van der Waals surface area (Å²) in [5, 5.41) is 8.78. The first-order chi connectivity index (χ1) is 9.36. The van der Waals surface area contributed by atoms with E-state index in [1.807, 2.05) is 0 Å². The van der Waals surface area contributed by atoms with Gasteiger partial charge in [-0.05, 0) is 62.3 Å². The van der Waals surface area contributed by atoms with Gasteiger partial charge in [-0.2, -0.15) is 0 Å². The summed E-state index contributed by atoms with van der Waals surface area (Å²) in [6.45, 7) is 9.44. The third-order valence-electron chi connectivity index (χ3n) is 5.52. The first kappa shape index (κ1) is 15.8. The molecule has 0 aromatic rings. The lowest BCUT2D eigenvalue weighted by Gasteiger charge is -2.40. The molecule has 116 valence electrons. The van der Waals surface area contributed by atoms with Crippen LogP contribution in [0.4, 0.5) is 0 Å². The Morgan fingerprint density at radius 1 is 1.15 bits per heavy atom. The van der Waals surface area contributed by atoms with Gasteiger partial charge in [0.2, 0.25) is 0 Å². The molecule has 20 heavy (non-hydrogen) atoms. The maximum absolute atomic E-state index is 10.7. The lowest BCUT2D eigenvalue weighted by molar-refractivity contribution is -0.137. The largest absolute Gasteiger partial charge is 0.481 e. The van der Waals surface area contributed by atoms with Gasteiger partial charge in [0.05, 0.1) is 0 Å². The highest BCUT2D eigenvalue weighted by Gasteiger charge is 2.34. The molecular formula is C17H31NO2. The summed E-state index contributed by atoms with van der Waals surface area (Å²) in [6.07, 6.45) is 7.82. The van der Waals surface area contributed by atoms with Gasteiger partial charge in [-0.3, -0.25) is 4.79 Å². The van der Waals surface area contributed by atoms with E-state index in [4.69, 9.17) is 5.11 Å². The molecule has 0 aromatic heterocycles. The van der Waals surface area contributed by atoms with Crippen LogP contribution in [0.2, 0.25) is 0 Å². The number of hydrogen-bond acceptors (Lipinski definition) is 2. The minimum Gasteiger partial charge on any atom is -0.481 e. The average Bonchev–Trinajstić information content (AvgIpc) is 2.84. The summed E-state index contributed by atoms with van der Waals surface area (Å²) in [5.41, 5.74) is 0.458. The van der Waals surface area contributed by atoms with Crippen LogP contribution in [0.1, 0.15) is 65.7 Å². The molecule has 1 unspecified atom stereocenters. The van der Waals surface area contributed by atoms with Crippen molar-refractivity contribution >= 4 is 5.97 Å². The molecule has 2 rings (SSSR count). The Morgan fingerprint density at radius 3 is 2.35 bits per heavy atom. The molecule has 0 amide bonds. The Morgan fingerprint density at radius 2 is 1.80 bits per heavy atom. The molecule has 0 bridgehead atoms. The Labute approximate surface area is 123 Å². The van der Waals surface area contributed by atoms with Crippen LogP contribution < -0.4 is 0 Å². The summed E-state index contributed by atoms with van der Waals surface area (Å²) in [6, 6.07) is 0.767. The first-order valence-electron chi connectivity index (χ1n) is 8.32. The van der Waals surface area contributed by atoms with Gasteiger partial charge in [-0.1, -0.05) is 20.8 Å². The second kappa shape index (κ2) is 6.46. The number of carboxylic acid groups (broad SMARTS) is 1. The van der Waals surface area contributed by atoms with E-state index >= 15 is 0 Å². The zero-order valence-electron chi connectivity index (χ0n) is 13.4. The molecule has 1 saturated carbocycles. The molecule has 0 aromatic carbocycles. The van der Waals surface area contributed by atoms with Crippen molar-refractivity contribution in [2.75, 3.05) is 13.1 Å². The lowest BCUT2D eigenvalue weighted by Crippen LogP contribution is -2.38. The van der Waals surface area contributed by atoms with Crippen molar-refractivity contribution in [3.63, 3.8) is 0 Å². The fourth-order valence-corrected chi connectivity index (χ4v) is 4.06. The van der Waals surface area contributed by atoms with Crippen molar-refractivity contribution in [1.82, 2.24) is 4.90 Å². The first-order valence-corrected chi connectivity index (χ1v) is 8.32. The smallest absolute Gasteiger partial charge is 0.303 e. The van der Waals surface area contributed by atoms with E-state index in [1.165, 1.54) is 38.6 Å². The van der Waals surface area contributed by atoms with E-state index in [-0.39, 0.29) is 0 Å². The Hall–Kier alpha value is -0.570. The highest BCUT2D eigenvalue weighted by molar-refractivity contribution is 5.66. The third kappa shape index (κ3) is 4.21. The number of rotatable bonds is 4. The van der Waals surface area contributed by atoms with E-state index in [9.17, 15) is 4.79 Å². The van der Waals surface area contributed by atoms with E-state index in [1.54, 1.807) is 0 Å². The number of nitrogens with zero attached hydrogens (tertiary/aromatic N) is 1. The number of likely N-dealkylation sites (tertiary alicyclic amines) is 1. The molecule has 2 aliphatic rings. The quantitative estimate of drug-likeness (QED) is 0.852. The number of carboxylic acids is 1. The van der Waals surface area contributed by atoms with Gasteiger partial charge in [0.25, 0.3) is 0 Å². The zero-order valence-corrected chi connectivity index (χ0v) is 13.4. The van der Waals surface area contributed by atoms with Gasteiger partial charge in [-0.15, -0.1) is 0 Å². The van der Waals surface area contributed by atoms with Crippen LogP contribution in [0.3, 0.4) is 0 Å². The highest BCUT2D eigenvalue weighted by atomic mass is 16.4. The molecule has 3 nitrogen and oxygen atoms in total. The van der Waals surface area contributed by atoms with Gasteiger partial charge >= 0.3 is 5.97 Å². The van der Waals surface area contributed by atoms with Gasteiger partial charge in [0.1, 0.15) is 0 Å². The minimum atomic E-state index is -0.644. The molecule has 1 aliphatic heterocycles. The van der Waals surface area contributed by atoms with E-state index in [0.29, 0.717) is 17.8 Å². The minimum absolute atomic E-state index is 0.343. The lowest BCUT2D eigenvalue weighted by atomic mass is 9.71. The molecule has 1 saturated heterocycles. The third-order valence-corrected chi connectivity index (χ3v) is 5.52. The summed E-state index contributed by atoms with van der Waals surface area (Å²) in [4.78, 5) is 13.3. The van der Waals surface area contributed by atoms with Crippen LogP contribution in [-0.4, -0.2) is 35.1 Å². The summed E-state index contributed by atoms with van der Waals surface area (Å²) in [7, 11) is 0. The normalized spacial score (nSPS) is 32.5. The maximum atomic E-state index is 10.7. The molecule has 2 fully saturated rings. The van der Waals surface area contributed by atoms with Crippen LogP contribution in [-0.2, 0) is 4.79 Å². The summed E-state index contributed by atoms with van der Waals surface area (Å²) < 4.78 is 0. The molecule has 0 radical (unpaired) electrons. The Balaban J connectivity index is 1.74. The average molecular weight is 281 g/mol.